The van der Waals surface area contributed by atoms with Crippen LogP contribution in [0.3, 0.4) is 0 Å². The number of aromatic nitrogens is 2. The molecule has 2 aromatic carbocycles. The van der Waals surface area contributed by atoms with Crippen molar-refractivity contribution in [3.63, 3.8) is 0 Å². The summed E-state index contributed by atoms with van der Waals surface area (Å²) in [5.74, 6) is -0.191. The van der Waals surface area contributed by atoms with E-state index in [1.165, 1.54) is 24.8 Å². The summed E-state index contributed by atoms with van der Waals surface area (Å²) in [6, 6.07) is 13.3. The van der Waals surface area contributed by atoms with Gasteiger partial charge in [0.15, 0.2) is 0 Å². The van der Waals surface area contributed by atoms with Crippen LogP contribution < -0.4 is 10.9 Å². The Hall–Kier alpha value is -3.29. The minimum absolute atomic E-state index is 0.105. The minimum atomic E-state index is -0.191. The van der Waals surface area contributed by atoms with Gasteiger partial charge in [0.05, 0.1) is 15.2 Å². The van der Waals surface area contributed by atoms with E-state index in [4.69, 9.17) is 4.98 Å². The Morgan fingerprint density at radius 3 is 2.44 bits per heavy atom. The van der Waals surface area contributed by atoms with Gasteiger partial charge < -0.3 is 10.3 Å². The monoisotopic (exact) mass is 598 g/mol. The zero-order chi connectivity index (χ0) is 30.9. The fraction of sp³-hybridized carbons (Fsp3) is 0.472. The van der Waals surface area contributed by atoms with Crippen molar-refractivity contribution in [1.29, 1.82) is 0 Å². The number of fused-ring (bicyclic) bond motifs is 1. The van der Waals surface area contributed by atoms with Gasteiger partial charge in [0.1, 0.15) is 0 Å². The molecule has 3 heterocycles. The molecule has 5 rings (SSSR count). The minimum Gasteiger partial charge on any atom is -0.348 e. The molecule has 0 bridgehead atoms. The second kappa shape index (κ2) is 12.7. The summed E-state index contributed by atoms with van der Waals surface area (Å²) in [6.45, 7) is 17.3. The van der Waals surface area contributed by atoms with Crippen LogP contribution in [0.4, 0.5) is 0 Å². The van der Waals surface area contributed by atoms with E-state index in [0.29, 0.717) is 17.2 Å². The molecule has 228 valence electrons. The lowest BCUT2D eigenvalue weighted by atomic mass is 9.95. The van der Waals surface area contributed by atoms with Gasteiger partial charge in [0.2, 0.25) is 0 Å². The number of thiazole rings is 1. The lowest BCUT2D eigenvalue weighted by molar-refractivity contribution is 0.0950. The van der Waals surface area contributed by atoms with E-state index in [1.807, 2.05) is 26.0 Å². The Bertz CT molecular complexity index is 1670. The van der Waals surface area contributed by atoms with Crippen molar-refractivity contribution in [2.75, 3.05) is 13.1 Å². The van der Waals surface area contributed by atoms with Crippen molar-refractivity contribution in [1.82, 2.24) is 20.2 Å². The van der Waals surface area contributed by atoms with E-state index in [-0.39, 0.29) is 23.4 Å². The molecule has 1 atom stereocenters. The summed E-state index contributed by atoms with van der Waals surface area (Å²) in [5.41, 5.74) is 7.98. The summed E-state index contributed by atoms with van der Waals surface area (Å²) < 4.78 is 1.11. The molecule has 0 radical (unpaired) electrons. The fourth-order valence-electron chi connectivity index (χ4n) is 6.17. The molecule has 6 nitrogen and oxygen atoms in total. The first kappa shape index (κ1) is 31.1. The van der Waals surface area contributed by atoms with Gasteiger partial charge >= 0.3 is 0 Å². The molecule has 0 saturated carbocycles. The predicted octanol–water partition coefficient (Wildman–Crippen LogP) is 8.00. The van der Waals surface area contributed by atoms with Gasteiger partial charge in [0.25, 0.3) is 11.5 Å². The number of likely N-dealkylation sites (tertiary alicyclic amines) is 1. The average molecular weight is 599 g/mol. The van der Waals surface area contributed by atoms with E-state index in [9.17, 15) is 9.59 Å². The summed E-state index contributed by atoms with van der Waals surface area (Å²) in [7, 11) is 0. The van der Waals surface area contributed by atoms with Crippen molar-refractivity contribution in [2.45, 2.75) is 98.6 Å². The highest BCUT2D eigenvalue weighted by Gasteiger charge is 2.25. The van der Waals surface area contributed by atoms with Crippen LogP contribution in [0.15, 0.2) is 41.2 Å². The lowest BCUT2D eigenvalue weighted by Crippen LogP contribution is -2.32. The Morgan fingerprint density at radius 1 is 1.09 bits per heavy atom. The molecule has 4 aromatic rings. The molecular weight excluding hydrogens is 552 g/mol. The number of piperidine rings is 1. The van der Waals surface area contributed by atoms with Crippen LogP contribution >= 0.6 is 11.3 Å². The number of aromatic amines is 1. The van der Waals surface area contributed by atoms with Crippen LogP contribution in [0.5, 0.6) is 0 Å². The fourth-order valence-corrected chi connectivity index (χ4v) is 7.38. The number of nitrogens with one attached hydrogen (secondary N) is 2. The molecule has 1 unspecified atom stereocenters. The maximum atomic E-state index is 13.8. The highest BCUT2D eigenvalue weighted by atomic mass is 32.1. The van der Waals surface area contributed by atoms with Gasteiger partial charge in [-0.1, -0.05) is 64.8 Å². The van der Waals surface area contributed by atoms with E-state index in [0.717, 1.165) is 69.1 Å². The van der Waals surface area contributed by atoms with Crippen molar-refractivity contribution < 1.29 is 4.79 Å². The normalized spacial score (nSPS) is 15.1. The predicted molar refractivity (Wildman–Crippen MR) is 179 cm³/mol. The number of aryl methyl sites for hydroxylation is 3. The summed E-state index contributed by atoms with van der Waals surface area (Å²) in [5, 5.41) is 4.12. The van der Waals surface area contributed by atoms with E-state index >= 15 is 0 Å². The molecule has 43 heavy (non-hydrogen) atoms. The standard InChI is InChI=1S/C36H46N4O2S/c1-8-12-27-19-22(2)38-34(42)30(27)21-37-33(41)28-20-29(32-31(23(28)3)39-35(43-32)36(5,6)7)26-15-13-25(14-16-26)24(4)40-17-10-9-11-18-40/h13-16,19-20,24H,8-12,17-18,21H2,1-7H3,(H,37,41)(H,38,42). The molecule has 2 aromatic heterocycles. The molecule has 1 amide bonds. The van der Waals surface area contributed by atoms with Gasteiger partial charge in [-0.05, 0) is 87.5 Å². The molecular formula is C36H46N4O2S. The second-order valence-electron chi connectivity index (χ2n) is 13.2. The van der Waals surface area contributed by atoms with Crippen molar-refractivity contribution in [3.05, 3.63) is 85.3 Å². The van der Waals surface area contributed by atoms with Crippen LogP contribution in [0.25, 0.3) is 21.3 Å². The maximum Gasteiger partial charge on any atom is 0.253 e. The number of H-pyrrole nitrogens is 1. The van der Waals surface area contributed by atoms with Gasteiger partial charge in [-0.25, -0.2) is 4.98 Å². The van der Waals surface area contributed by atoms with Crippen molar-refractivity contribution >= 4 is 27.5 Å². The number of carbonyl (C=O) groups excluding carboxylic acids is 1. The van der Waals surface area contributed by atoms with Crippen LogP contribution in [0, 0.1) is 13.8 Å². The molecule has 2 N–H and O–H groups in total. The summed E-state index contributed by atoms with van der Waals surface area (Å²) in [4.78, 5) is 37.2. The zero-order valence-electron chi connectivity index (χ0n) is 26.8. The van der Waals surface area contributed by atoms with Gasteiger partial charge in [-0.15, -0.1) is 11.3 Å². The molecule has 1 aliphatic heterocycles. The summed E-state index contributed by atoms with van der Waals surface area (Å²) >= 11 is 1.72. The maximum absolute atomic E-state index is 13.8. The Labute approximate surface area is 260 Å². The highest BCUT2D eigenvalue weighted by Crippen LogP contribution is 2.40. The first-order chi connectivity index (χ1) is 20.5. The first-order valence-corrected chi connectivity index (χ1v) is 16.6. The van der Waals surface area contributed by atoms with E-state index in [1.54, 1.807) is 11.3 Å². The number of hydrogen-bond acceptors (Lipinski definition) is 5. The van der Waals surface area contributed by atoms with Crippen molar-refractivity contribution in [2.24, 2.45) is 0 Å². The number of pyridine rings is 1. The van der Waals surface area contributed by atoms with Crippen LogP contribution in [-0.2, 0) is 18.4 Å². The molecule has 1 saturated heterocycles. The lowest BCUT2D eigenvalue weighted by Gasteiger charge is -2.32. The van der Waals surface area contributed by atoms with Crippen LogP contribution in [-0.4, -0.2) is 33.9 Å². The number of hydrogen-bond donors (Lipinski definition) is 2. The van der Waals surface area contributed by atoms with Gasteiger partial charge in [-0.2, -0.15) is 0 Å². The topological polar surface area (TPSA) is 78.1 Å². The second-order valence-corrected chi connectivity index (χ2v) is 14.2. The SMILES string of the molecule is CCCc1cc(C)[nH]c(=O)c1CNC(=O)c1cc(-c2ccc(C(C)N3CCCCC3)cc2)c2sc(C(C)(C)C)nc2c1C. The zero-order valence-corrected chi connectivity index (χ0v) is 27.6. The Balaban J connectivity index is 1.52. The van der Waals surface area contributed by atoms with Gasteiger partial charge in [0, 0.05) is 40.4 Å². The van der Waals surface area contributed by atoms with Crippen LogP contribution in [0.2, 0.25) is 0 Å². The third-order valence-electron chi connectivity index (χ3n) is 8.76. The van der Waals surface area contributed by atoms with Crippen LogP contribution in [0.1, 0.15) is 110 Å². The first-order valence-electron chi connectivity index (χ1n) is 15.8. The number of amides is 1. The average Bonchev–Trinajstić information content (AvgIpc) is 3.44. The van der Waals surface area contributed by atoms with E-state index < -0.39 is 0 Å². The number of carbonyl (C=O) groups is 1. The summed E-state index contributed by atoms with van der Waals surface area (Å²) in [6.07, 6.45) is 5.60. The molecule has 1 fully saturated rings. The molecule has 1 aliphatic rings. The number of nitrogens with zero attached hydrogens (tertiary/aromatic N) is 2. The Kier molecular flexibility index (Phi) is 9.23. The third kappa shape index (κ3) is 6.63. The van der Waals surface area contributed by atoms with Crippen molar-refractivity contribution in [3.8, 4) is 11.1 Å². The molecule has 0 aliphatic carbocycles. The Morgan fingerprint density at radius 2 is 1.79 bits per heavy atom. The quantitative estimate of drug-likeness (QED) is 0.215. The van der Waals surface area contributed by atoms with Gasteiger partial charge in [-0.3, -0.25) is 14.5 Å². The molecule has 0 spiro atoms. The third-order valence-corrected chi connectivity index (χ3v) is 10.3. The highest BCUT2D eigenvalue weighted by molar-refractivity contribution is 7.19. The molecule has 7 heteroatoms. The smallest absolute Gasteiger partial charge is 0.253 e. The largest absolute Gasteiger partial charge is 0.348 e. The van der Waals surface area contributed by atoms with E-state index in [2.05, 4.69) is 74.1 Å². The number of rotatable bonds is 8. The number of benzene rings is 2.